The Morgan fingerprint density at radius 3 is 2.17 bits per heavy atom. The second-order valence-electron chi connectivity index (χ2n) is 8.34. The summed E-state index contributed by atoms with van der Waals surface area (Å²) in [6.07, 6.45) is 3.88. The van der Waals surface area contributed by atoms with Gasteiger partial charge in [0, 0.05) is 18.7 Å². The van der Waals surface area contributed by atoms with E-state index in [1.807, 2.05) is 26.0 Å². The van der Waals surface area contributed by atoms with E-state index < -0.39 is 10.0 Å². The Labute approximate surface area is 180 Å². The third-order valence-electron chi connectivity index (χ3n) is 6.01. The predicted molar refractivity (Wildman–Crippen MR) is 120 cm³/mol. The fraction of sp³-hybridized carbons (Fsp3) is 0.458. The van der Waals surface area contributed by atoms with Crippen molar-refractivity contribution in [3.05, 3.63) is 64.2 Å². The van der Waals surface area contributed by atoms with Crippen molar-refractivity contribution in [2.24, 2.45) is 0 Å². The molecule has 0 bridgehead atoms. The molecule has 0 aromatic heterocycles. The number of sulfonamides is 1. The molecule has 6 heteroatoms. The van der Waals surface area contributed by atoms with Crippen molar-refractivity contribution >= 4 is 15.9 Å². The highest BCUT2D eigenvalue weighted by Gasteiger charge is 2.27. The standard InChI is InChI=1S/C24H32N2O3S/c1-17-9-11-21(15-19(17)3)20(4)25-24(27)22-12-10-18(2)23(16-22)30(28,29)26-13-7-5-6-8-14-26/h9-12,15-16,20H,5-8,13-14H2,1-4H3,(H,25,27). The van der Waals surface area contributed by atoms with Crippen LogP contribution in [0.3, 0.4) is 0 Å². The summed E-state index contributed by atoms with van der Waals surface area (Å²) in [5, 5.41) is 3.00. The first-order valence-corrected chi connectivity index (χ1v) is 12.1. The van der Waals surface area contributed by atoms with Crippen LogP contribution in [0.25, 0.3) is 0 Å². The average Bonchev–Trinajstić information content (AvgIpc) is 3.00. The highest BCUT2D eigenvalue weighted by molar-refractivity contribution is 7.89. The van der Waals surface area contributed by atoms with Gasteiger partial charge in [-0.3, -0.25) is 4.79 Å². The zero-order valence-electron chi connectivity index (χ0n) is 18.4. The van der Waals surface area contributed by atoms with Crippen LogP contribution in [0.1, 0.15) is 71.3 Å². The summed E-state index contributed by atoms with van der Waals surface area (Å²) >= 11 is 0. The van der Waals surface area contributed by atoms with Crippen LogP contribution in [0.5, 0.6) is 0 Å². The van der Waals surface area contributed by atoms with E-state index in [0.717, 1.165) is 31.2 Å². The number of hydrogen-bond donors (Lipinski definition) is 1. The largest absolute Gasteiger partial charge is 0.346 e. The van der Waals surface area contributed by atoms with Gasteiger partial charge in [0.15, 0.2) is 0 Å². The molecule has 1 N–H and O–H groups in total. The molecule has 0 radical (unpaired) electrons. The molecule has 0 spiro atoms. The molecule has 1 saturated heterocycles. The van der Waals surface area contributed by atoms with E-state index in [9.17, 15) is 13.2 Å². The van der Waals surface area contributed by atoms with Crippen molar-refractivity contribution in [1.82, 2.24) is 9.62 Å². The minimum Gasteiger partial charge on any atom is -0.346 e. The first-order valence-electron chi connectivity index (χ1n) is 10.7. The van der Waals surface area contributed by atoms with Gasteiger partial charge in [-0.2, -0.15) is 4.31 Å². The molecular formula is C24H32N2O3S. The molecular weight excluding hydrogens is 396 g/mol. The monoisotopic (exact) mass is 428 g/mol. The topological polar surface area (TPSA) is 66.5 Å². The van der Waals surface area contributed by atoms with Crippen molar-refractivity contribution < 1.29 is 13.2 Å². The van der Waals surface area contributed by atoms with Crippen LogP contribution in [-0.2, 0) is 10.0 Å². The number of nitrogens with zero attached hydrogens (tertiary/aromatic N) is 1. The van der Waals surface area contributed by atoms with Crippen LogP contribution >= 0.6 is 0 Å². The van der Waals surface area contributed by atoms with Crippen LogP contribution in [0.2, 0.25) is 0 Å². The molecule has 2 aromatic rings. The first kappa shape index (κ1) is 22.5. The second kappa shape index (κ2) is 9.31. The molecule has 1 fully saturated rings. The lowest BCUT2D eigenvalue weighted by Crippen LogP contribution is -2.33. The smallest absolute Gasteiger partial charge is 0.251 e. The maximum Gasteiger partial charge on any atom is 0.251 e. The van der Waals surface area contributed by atoms with Crippen molar-refractivity contribution in [3.63, 3.8) is 0 Å². The van der Waals surface area contributed by atoms with Crippen LogP contribution in [-0.4, -0.2) is 31.7 Å². The van der Waals surface area contributed by atoms with E-state index in [4.69, 9.17) is 0 Å². The number of benzene rings is 2. The second-order valence-corrected chi connectivity index (χ2v) is 10.2. The van der Waals surface area contributed by atoms with Crippen LogP contribution in [0.4, 0.5) is 0 Å². The number of carbonyl (C=O) groups excluding carboxylic acids is 1. The van der Waals surface area contributed by atoms with Crippen molar-refractivity contribution in [2.45, 2.75) is 64.3 Å². The first-order chi connectivity index (χ1) is 14.2. The normalized spacial score (nSPS) is 16.7. The Morgan fingerprint density at radius 1 is 0.900 bits per heavy atom. The van der Waals surface area contributed by atoms with E-state index in [2.05, 4.69) is 18.3 Å². The van der Waals surface area contributed by atoms with Gasteiger partial charge in [0.1, 0.15) is 0 Å². The van der Waals surface area contributed by atoms with Gasteiger partial charge in [0.25, 0.3) is 5.91 Å². The zero-order valence-corrected chi connectivity index (χ0v) is 19.2. The molecule has 162 valence electrons. The van der Waals surface area contributed by atoms with E-state index in [0.29, 0.717) is 24.2 Å². The quantitative estimate of drug-likeness (QED) is 0.753. The number of aryl methyl sites for hydroxylation is 3. The maximum absolute atomic E-state index is 13.2. The van der Waals surface area contributed by atoms with Crippen LogP contribution < -0.4 is 5.32 Å². The average molecular weight is 429 g/mol. The number of nitrogens with one attached hydrogen (secondary N) is 1. The summed E-state index contributed by atoms with van der Waals surface area (Å²) in [6, 6.07) is 10.9. The lowest BCUT2D eigenvalue weighted by atomic mass is 10.0. The van der Waals surface area contributed by atoms with Crippen molar-refractivity contribution in [2.75, 3.05) is 13.1 Å². The predicted octanol–water partition coefficient (Wildman–Crippen LogP) is 4.67. The Morgan fingerprint density at radius 2 is 1.53 bits per heavy atom. The Hall–Kier alpha value is -2.18. The molecule has 3 rings (SSSR count). The molecule has 1 unspecified atom stereocenters. The van der Waals surface area contributed by atoms with Gasteiger partial charge < -0.3 is 5.32 Å². The molecule has 1 heterocycles. The zero-order chi connectivity index (χ0) is 21.9. The highest BCUT2D eigenvalue weighted by Crippen LogP contribution is 2.25. The highest BCUT2D eigenvalue weighted by atomic mass is 32.2. The number of carbonyl (C=O) groups is 1. The summed E-state index contributed by atoms with van der Waals surface area (Å²) in [4.78, 5) is 13.1. The maximum atomic E-state index is 13.2. The minimum atomic E-state index is -3.61. The van der Waals surface area contributed by atoms with Crippen LogP contribution in [0, 0.1) is 20.8 Å². The molecule has 0 saturated carbocycles. The van der Waals surface area contributed by atoms with E-state index in [-0.39, 0.29) is 16.8 Å². The van der Waals surface area contributed by atoms with E-state index in [1.54, 1.807) is 23.4 Å². The Balaban J connectivity index is 1.83. The van der Waals surface area contributed by atoms with Gasteiger partial charge in [-0.1, -0.05) is 37.1 Å². The molecule has 1 atom stereocenters. The van der Waals surface area contributed by atoms with E-state index in [1.165, 1.54) is 17.2 Å². The van der Waals surface area contributed by atoms with E-state index >= 15 is 0 Å². The molecule has 1 aliphatic heterocycles. The summed E-state index contributed by atoms with van der Waals surface area (Å²) < 4.78 is 28.1. The van der Waals surface area contributed by atoms with Crippen LogP contribution in [0.15, 0.2) is 41.3 Å². The molecule has 30 heavy (non-hydrogen) atoms. The third-order valence-corrected chi connectivity index (χ3v) is 8.05. The van der Waals surface area contributed by atoms with Gasteiger partial charge in [-0.05, 0) is 74.9 Å². The molecule has 5 nitrogen and oxygen atoms in total. The summed E-state index contributed by atoms with van der Waals surface area (Å²) in [7, 11) is -3.61. The molecule has 1 aliphatic rings. The van der Waals surface area contributed by atoms with Gasteiger partial charge in [-0.15, -0.1) is 0 Å². The summed E-state index contributed by atoms with van der Waals surface area (Å²) in [6.45, 7) is 8.91. The third kappa shape index (κ3) is 4.93. The number of rotatable bonds is 5. The van der Waals surface area contributed by atoms with Gasteiger partial charge >= 0.3 is 0 Å². The van der Waals surface area contributed by atoms with Gasteiger partial charge in [0.2, 0.25) is 10.0 Å². The lowest BCUT2D eigenvalue weighted by Gasteiger charge is -2.22. The molecule has 0 aliphatic carbocycles. The SMILES string of the molecule is Cc1ccc(C(C)NC(=O)c2ccc(C)c(S(=O)(=O)N3CCCCCC3)c2)cc1C. The minimum absolute atomic E-state index is 0.177. The van der Waals surface area contributed by atoms with Crippen molar-refractivity contribution in [1.29, 1.82) is 0 Å². The Bertz CT molecular complexity index is 1020. The fourth-order valence-corrected chi connectivity index (χ4v) is 5.61. The number of amides is 1. The summed E-state index contributed by atoms with van der Waals surface area (Å²) in [5.41, 5.74) is 4.44. The van der Waals surface area contributed by atoms with Crippen molar-refractivity contribution in [3.8, 4) is 0 Å². The number of hydrogen-bond acceptors (Lipinski definition) is 3. The Kier molecular flexibility index (Phi) is 6.98. The fourth-order valence-electron chi connectivity index (χ4n) is 3.84. The van der Waals surface area contributed by atoms with Gasteiger partial charge in [0.05, 0.1) is 10.9 Å². The molecule has 2 aromatic carbocycles. The lowest BCUT2D eigenvalue weighted by molar-refractivity contribution is 0.0939. The molecule has 1 amide bonds. The van der Waals surface area contributed by atoms with Gasteiger partial charge in [-0.25, -0.2) is 8.42 Å². The summed E-state index contributed by atoms with van der Waals surface area (Å²) in [5.74, 6) is -0.270.